The minimum atomic E-state index is -0.182. The van der Waals surface area contributed by atoms with E-state index in [1.165, 1.54) is 25.7 Å². The molecule has 1 aliphatic rings. The number of carbonyl (C=O) groups is 1. The van der Waals surface area contributed by atoms with Crippen molar-refractivity contribution in [3.63, 3.8) is 0 Å². The lowest BCUT2D eigenvalue weighted by Gasteiger charge is -2.13. The molecule has 0 aromatic rings. The molecular weight excluding hydrogens is 152 g/mol. The molecule has 0 bridgehead atoms. The van der Waals surface area contributed by atoms with Crippen molar-refractivity contribution in [1.29, 1.82) is 0 Å². The quantitative estimate of drug-likeness (QED) is 0.450. The summed E-state index contributed by atoms with van der Waals surface area (Å²) in [5, 5.41) is 0. The van der Waals surface area contributed by atoms with Gasteiger partial charge >= 0.3 is 5.97 Å². The Balaban J connectivity index is 1.90. The third-order valence-corrected chi connectivity index (χ3v) is 2.04. The van der Waals surface area contributed by atoms with E-state index in [1.807, 2.05) is 0 Å². The minimum absolute atomic E-state index is 0.182. The van der Waals surface area contributed by atoms with Gasteiger partial charge in [0.1, 0.15) is 5.76 Å². The second kappa shape index (κ2) is 4.96. The zero-order chi connectivity index (χ0) is 8.81. The number of unbranched alkanes of at least 4 members (excludes halogenated alkanes) is 4. The van der Waals surface area contributed by atoms with Gasteiger partial charge in [-0.05, 0) is 6.42 Å². The summed E-state index contributed by atoms with van der Waals surface area (Å²) in [4.78, 5) is 10.3. The van der Waals surface area contributed by atoms with Crippen molar-refractivity contribution < 1.29 is 9.53 Å². The summed E-state index contributed by atoms with van der Waals surface area (Å²) in [6.45, 7) is 2.20. The molecule has 0 aliphatic carbocycles. The fraction of sp³-hybridized carbons (Fsp3) is 0.700. The van der Waals surface area contributed by atoms with Crippen LogP contribution in [0.1, 0.15) is 45.4 Å². The average molecular weight is 168 g/mol. The number of carbonyl (C=O) groups excluding carboxylic acids is 1. The molecular formula is C10H16O2. The third-order valence-electron chi connectivity index (χ3n) is 2.04. The molecule has 0 amide bonds. The Kier molecular flexibility index (Phi) is 3.85. The zero-order valence-corrected chi connectivity index (χ0v) is 7.64. The van der Waals surface area contributed by atoms with E-state index in [-0.39, 0.29) is 5.97 Å². The lowest BCUT2D eigenvalue weighted by atomic mass is 10.1. The van der Waals surface area contributed by atoms with Gasteiger partial charge in [0, 0.05) is 6.42 Å². The van der Waals surface area contributed by atoms with Crippen LogP contribution in [0, 0.1) is 0 Å². The Morgan fingerprint density at radius 1 is 1.25 bits per heavy atom. The molecule has 0 aromatic heterocycles. The molecule has 1 heterocycles. The maximum absolute atomic E-state index is 10.3. The summed E-state index contributed by atoms with van der Waals surface area (Å²) >= 11 is 0. The Hall–Kier alpha value is -0.790. The highest BCUT2D eigenvalue weighted by atomic mass is 16.6. The molecule has 0 N–H and O–H groups in total. The van der Waals surface area contributed by atoms with Crippen LogP contribution in [-0.4, -0.2) is 5.97 Å². The number of cyclic esters (lactones) is 1. The lowest BCUT2D eigenvalue weighted by Crippen LogP contribution is -2.12. The summed E-state index contributed by atoms with van der Waals surface area (Å²) in [5.41, 5.74) is 0. The Labute approximate surface area is 73.6 Å². The number of hydrogen-bond donors (Lipinski definition) is 0. The van der Waals surface area contributed by atoms with E-state index in [0.29, 0.717) is 0 Å². The van der Waals surface area contributed by atoms with Crippen LogP contribution >= 0.6 is 0 Å². The van der Waals surface area contributed by atoms with Crippen molar-refractivity contribution >= 4 is 5.97 Å². The monoisotopic (exact) mass is 168 g/mol. The van der Waals surface area contributed by atoms with Crippen LogP contribution in [0.25, 0.3) is 0 Å². The van der Waals surface area contributed by atoms with Gasteiger partial charge in [-0.15, -0.1) is 0 Å². The first kappa shape index (κ1) is 9.30. The predicted octanol–water partition coefficient (Wildman–Crippen LogP) is 2.79. The summed E-state index contributed by atoms with van der Waals surface area (Å²) in [5.74, 6) is 0.690. The van der Waals surface area contributed by atoms with E-state index < -0.39 is 0 Å². The van der Waals surface area contributed by atoms with Gasteiger partial charge in [-0.1, -0.05) is 32.6 Å². The summed E-state index contributed by atoms with van der Waals surface area (Å²) in [6.07, 6.45) is 8.82. The summed E-state index contributed by atoms with van der Waals surface area (Å²) in [6, 6.07) is 0. The summed E-state index contributed by atoms with van der Waals surface area (Å²) in [7, 11) is 0. The molecule has 68 valence electrons. The number of esters is 1. The van der Waals surface area contributed by atoms with Crippen molar-refractivity contribution in [2.45, 2.75) is 45.4 Å². The molecule has 0 saturated carbocycles. The Bertz CT molecular complexity index is 182. The minimum Gasteiger partial charge on any atom is -0.428 e. The molecule has 1 rings (SSSR count). The molecule has 0 saturated heterocycles. The van der Waals surface area contributed by atoms with E-state index in [4.69, 9.17) is 4.74 Å². The largest absolute Gasteiger partial charge is 0.428 e. The molecule has 2 heteroatoms. The first-order chi connectivity index (χ1) is 5.83. The molecule has 1 aliphatic heterocycles. The first-order valence-corrected chi connectivity index (χ1v) is 4.75. The molecule has 12 heavy (non-hydrogen) atoms. The summed E-state index contributed by atoms with van der Waals surface area (Å²) < 4.78 is 4.77. The molecule has 0 radical (unpaired) electrons. The molecule has 2 nitrogen and oxygen atoms in total. The molecule has 0 atom stereocenters. The first-order valence-electron chi connectivity index (χ1n) is 4.75. The van der Waals surface area contributed by atoms with Gasteiger partial charge in [0.25, 0.3) is 0 Å². The number of allylic oxidation sites excluding steroid dienone is 1. The fourth-order valence-electron chi connectivity index (χ4n) is 1.29. The van der Waals surface area contributed by atoms with Crippen LogP contribution in [0.3, 0.4) is 0 Å². The van der Waals surface area contributed by atoms with Gasteiger partial charge < -0.3 is 4.74 Å². The van der Waals surface area contributed by atoms with E-state index in [2.05, 4.69) is 6.92 Å². The van der Waals surface area contributed by atoms with Crippen molar-refractivity contribution in [2.24, 2.45) is 0 Å². The molecule has 0 spiro atoms. The van der Waals surface area contributed by atoms with Gasteiger partial charge in [0.15, 0.2) is 0 Å². The van der Waals surface area contributed by atoms with Crippen LogP contribution in [0.15, 0.2) is 11.8 Å². The van der Waals surface area contributed by atoms with E-state index in [1.54, 1.807) is 6.08 Å². The zero-order valence-electron chi connectivity index (χ0n) is 7.64. The second-order valence-corrected chi connectivity index (χ2v) is 3.20. The van der Waals surface area contributed by atoms with Crippen LogP contribution in [0.2, 0.25) is 0 Å². The van der Waals surface area contributed by atoms with E-state index >= 15 is 0 Å². The van der Waals surface area contributed by atoms with Gasteiger partial charge in [0.2, 0.25) is 0 Å². The Morgan fingerprint density at radius 3 is 2.50 bits per heavy atom. The van der Waals surface area contributed by atoms with Gasteiger partial charge in [0.05, 0.1) is 6.08 Å². The number of ether oxygens (including phenoxy) is 1. The molecule has 0 aromatic carbocycles. The molecule has 0 unspecified atom stereocenters. The van der Waals surface area contributed by atoms with Gasteiger partial charge in [-0.2, -0.15) is 0 Å². The van der Waals surface area contributed by atoms with Crippen LogP contribution in [0.5, 0.6) is 0 Å². The smallest absolute Gasteiger partial charge is 0.339 e. The van der Waals surface area contributed by atoms with E-state index in [0.717, 1.165) is 18.6 Å². The third kappa shape index (κ3) is 3.07. The van der Waals surface area contributed by atoms with Gasteiger partial charge in [-0.25, -0.2) is 4.79 Å². The van der Waals surface area contributed by atoms with Gasteiger partial charge in [-0.3, -0.25) is 0 Å². The van der Waals surface area contributed by atoms with Crippen molar-refractivity contribution in [3.8, 4) is 0 Å². The van der Waals surface area contributed by atoms with Crippen LogP contribution < -0.4 is 0 Å². The van der Waals surface area contributed by atoms with Crippen molar-refractivity contribution in [2.75, 3.05) is 0 Å². The molecule has 0 fully saturated rings. The fourth-order valence-corrected chi connectivity index (χ4v) is 1.29. The number of hydrogen-bond acceptors (Lipinski definition) is 2. The van der Waals surface area contributed by atoms with Crippen molar-refractivity contribution in [3.05, 3.63) is 11.8 Å². The maximum Gasteiger partial charge on any atom is 0.339 e. The lowest BCUT2D eigenvalue weighted by molar-refractivity contribution is -0.138. The topological polar surface area (TPSA) is 26.3 Å². The highest BCUT2D eigenvalue weighted by Gasteiger charge is 2.15. The normalized spacial score (nSPS) is 15.1. The highest BCUT2D eigenvalue weighted by molar-refractivity contribution is 5.88. The standard InChI is InChI=1S/C10H16O2/c1-2-3-4-5-6-7-9-8-10(11)12-9/h8H,2-7H2,1H3. The van der Waals surface area contributed by atoms with Crippen LogP contribution in [-0.2, 0) is 9.53 Å². The number of rotatable bonds is 6. The highest BCUT2D eigenvalue weighted by Crippen LogP contribution is 2.18. The Morgan fingerprint density at radius 2 is 1.92 bits per heavy atom. The SMILES string of the molecule is CCCCCCCC1=CC(=O)O1. The van der Waals surface area contributed by atoms with E-state index in [9.17, 15) is 4.79 Å². The second-order valence-electron chi connectivity index (χ2n) is 3.20. The van der Waals surface area contributed by atoms with Crippen molar-refractivity contribution in [1.82, 2.24) is 0 Å². The predicted molar refractivity (Wildman–Crippen MR) is 47.6 cm³/mol. The average Bonchev–Trinajstić information content (AvgIpc) is 2.00. The van der Waals surface area contributed by atoms with Crippen LogP contribution in [0.4, 0.5) is 0 Å². The maximum atomic E-state index is 10.3.